The van der Waals surface area contributed by atoms with Crippen molar-refractivity contribution >= 4 is 75.4 Å². The molecule has 17 rings (SSSR count). The number of likely N-dealkylation sites (tertiary alicyclic amines) is 3. The van der Waals surface area contributed by atoms with Gasteiger partial charge in [0.15, 0.2) is 16.9 Å². The summed E-state index contributed by atoms with van der Waals surface area (Å²) in [4.78, 5) is 119. The number of morpholine rings is 1. The van der Waals surface area contributed by atoms with Crippen molar-refractivity contribution in [3.05, 3.63) is 181 Å². The van der Waals surface area contributed by atoms with Gasteiger partial charge in [-0.15, -0.1) is 0 Å². The fourth-order valence-corrected chi connectivity index (χ4v) is 17.6. The minimum Gasteiger partial charge on any atom is -0.434 e. The Labute approximate surface area is 810 Å². The van der Waals surface area contributed by atoms with Crippen LogP contribution in [0.3, 0.4) is 0 Å². The lowest BCUT2D eigenvalue weighted by atomic mass is 9.94. The number of alkyl halides is 6. The first-order chi connectivity index (χ1) is 67.5. The van der Waals surface area contributed by atoms with Crippen LogP contribution < -0.4 is 35.5 Å². The summed E-state index contributed by atoms with van der Waals surface area (Å²) in [6.45, 7) is 12.4. The molecule has 748 valence electrons. The molecule has 0 unspecified atom stereocenters. The standard InChI is InChI=1S/C35H44F2N10O4.C31H35F2N9O3.C30H34F2N8O4.CH4/c1-4-24-6-7-29(51-35(36)37)26(18-24)32-28(40-34(50)27-19-39-47-11-5-10-38-33(27)47)21-46(41-32)23-31(49)45-12-8-25(9-13-45)20-43-14-16-44(17-15-43)22-30(48)42(2)3;1-4-20-6-7-25(45-30(32)33)22(14-20)27-24(38-29(44)23-15-37-42-11-5-10-35-28(23)42)16-41(39-27)17-26(43)40-12-8-21(9-13-40)36-19-31(2,3)18-34;1-2-20-4-5-25(44-30(31)32)22(16-20)27-24(35-29(42)23-17-34-40-9-3-8-33-28(23)40)18-39(36-27)19-26(41)38-10-6-21(7-11-38)37-12-14-43-15-13-37;/h5-7,10-11,18-19,21,25,35H,4,8-9,12-17,20,22-23H2,1-3H3,(H,40,50);5-7,10-11,14-16,21,30,36H,4,8-9,12-13,17,19H2,1-3H3,(H,38,44);3-5,8-9,16-18,21,30H,2,6-7,10-15,19H2,1H3,(H,35,42);1H4. The highest BCUT2D eigenvalue weighted by Crippen LogP contribution is 2.41. The van der Waals surface area contributed by atoms with Crippen LogP contribution in [0.15, 0.2) is 147 Å². The van der Waals surface area contributed by atoms with Crippen LogP contribution in [0, 0.1) is 22.7 Å². The van der Waals surface area contributed by atoms with Crippen molar-refractivity contribution in [1.29, 1.82) is 5.26 Å². The smallest absolute Gasteiger partial charge is 0.387 e. The molecular weight excluding hydrogens is 1830 g/mol. The third kappa shape index (κ3) is 26.1. The monoisotopic (exact) mass is 1950 g/mol. The number of hydrogen-bond donors (Lipinski definition) is 4. The SMILES string of the molecule is C.CCc1ccc(OC(F)F)c(-c2nn(CC(=O)N3CCC(CN4CCN(CC(=O)N(C)C)CC4)CC3)cc2NC(=O)c2cnn3cccnc23)c1.CCc1ccc(OC(F)F)c(-c2nn(CC(=O)N3CCC(N4CCOCC4)CC3)cc2NC(=O)c2cnn3cccnc23)c1.CCc1ccc(OC(F)F)c(-c2nn(CC(=O)N3CCC(NCC(C)(C)C#N)CC3)cc2NC(=O)c2cnn3cccnc23)c1. The summed E-state index contributed by atoms with van der Waals surface area (Å²) in [7, 11) is 3.55. The quantitative estimate of drug-likeness (QED) is 0.0285. The maximum absolute atomic E-state index is 13.5. The second kappa shape index (κ2) is 47.1. The van der Waals surface area contributed by atoms with Crippen molar-refractivity contribution in [2.45, 2.75) is 151 Å². The fraction of sp³-hybridized carbons (Fsp3) is 0.454. The Morgan fingerprint density at radius 1 is 0.489 bits per heavy atom. The zero-order chi connectivity index (χ0) is 98.8. The first-order valence-electron chi connectivity index (χ1n) is 46.7. The van der Waals surface area contributed by atoms with Gasteiger partial charge in [0.2, 0.25) is 23.6 Å². The van der Waals surface area contributed by atoms with Crippen LogP contribution >= 0.6 is 0 Å². The Morgan fingerprint density at radius 3 is 1.19 bits per heavy atom. The molecule has 9 aromatic heterocycles. The number of nitrogens with zero attached hydrogens (tertiary/aromatic N) is 23. The zero-order valence-electron chi connectivity index (χ0n) is 78.9. The van der Waals surface area contributed by atoms with E-state index in [2.05, 4.69) is 87.6 Å². The highest BCUT2D eigenvalue weighted by atomic mass is 19.3. The average molecular weight is 1950 g/mol. The maximum atomic E-state index is 13.5. The van der Waals surface area contributed by atoms with Crippen LogP contribution in [0.2, 0.25) is 0 Å². The second-order valence-corrected chi connectivity index (χ2v) is 35.6. The summed E-state index contributed by atoms with van der Waals surface area (Å²) in [5.74, 6) is -1.70. The lowest BCUT2D eigenvalue weighted by Crippen LogP contribution is -2.51. The van der Waals surface area contributed by atoms with Crippen LogP contribution in [0.25, 0.3) is 50.7 Å². The van der Waals surface area contributed by atoms with Gasteiger partial charge in [0, 0.05) is 190 Å². The number of hydrogen-bond acceptors (Lipinski definition) is 25. The van der Waals surface area contributed by atoms with Gasteiger partial charge < -0.3 is 64.7 Å². The number of rotatable bonds is 32. The van der Waals surface area contributed by atoms with Crippen molar-refractivity contribution in [1.82, 2.24) is 113 Å². The summed E-state index contributed by atoms with van der Waals surface area (Å²) in [6, 6.07) is 22.5. The first-order valence-corrected chi connectivity index (χ1v) is 46.7. The molecule has 0 aliphatic carbocycles. The topological polar surface area (TPSA) is 395 Å². The molecule has 0 atom stereocenters. The van der Waals surface area contributed by atoms with Crippen LogP contribution in [-0.4, -0.2) is 306 Å². The van der Waals surface area contributed by atoms with Gasteiger partial charge in [-0.3, -0.25) is 57.4 Å². The van der Waals surface area contributed by atoms with E-state index in [4.69, 9.17) is 18.9 Å². The van der Waals surface area contributed by atoms with Crippen LogP contribution in [0.4, 0.5) is 43.4 Å². The zero-order valence-corrected chi connectivity index (χ0v) is 78.9. The normalized spacial score (nSPS) is 15.5. The first kappa shape index (κ1) is 103. The van der Waals surface area contributed by atoms with Crippen LogP contribution in [0.5, 0.6) is 17.2 Å². The number of nitriles is 1. The fourth-order valence-electron chi connectivity index (χ4n) is 17.6. The molecule has 5 fully saturated rings. The minimum atomic E-state index is -3.08. The molecular formula is C97H117F6N27O11. The van der Waals surface area contributed by atoms with Crippen LogP contribution in [0.1, 0.15) is 128 Å². The number of nitrogens with one attached hydrogen (secondary N) is 4. The molecule has 7 amide bonds. The predicted octanol–water partition coefficient (Wildman–Crippen LogP) is 11.1. The van der Waals surface area contributed by atoms with Gasteiger partial charge >= 0.3 is 19.8 Å². The molecule has 4 N–H and O–H groups in total. The van der Waals surface area contributed by atoms with Crippen molar-refractivity contribution in [2.75, 3.05) is 141 Å². The second-order valence-electron chi connectivity index (χ2n) is 35.6. The Morgan fingerprint density at radius 2 is 0.844 bits per heavy atom. The van der Waals surface area contributed by atoms with E-state index < -0.39 is 43.0 Å². The molecule has 5 aliphatic heterocycles. The van der Waals surface area contributed by atoms with Crippen molar-refractivity contribution < 1.29 is 78.9 Å². The Hall–Kier alpha value is -14.3. The van der Waals surface area contributed by atoms with Crippen molar-refractivity contribution in [2.24, 2.45) is 11.3 Å². The van der Waals surface area contributed by atoms with Gasteiger partial charge in [-0.05, 0) is 149 Å². The number of carbonyl (C=O) groups excluding carboxylic acids is 7. The predicted molar refractivity (Wildman–Crippen MR) is 510 cm³/mol. The summed E-state index contributed by atoms with van der Waals surface area (Å²) in [5.41, 5.74) is 5.76. The molecule has 38 nitrogen and oxygen atoms in total. The lowest BCUT2D eigenvalue weighted by Gasteiger charge is -2.40. The van der Waals surface area contributed by atoms with E-state index in [9.17, 15) is 65.2 Å². The summed E-state index contributed by atoms with van der Waals surface area (Å²) in [6.07, 6.45) is 25.3. The number of aryl methyl sites for hydroxylation is 3. The maximum Gasteiger partial charge on any atom is 0.387 e. The average Bonchev–Trinajstić information content (AvgIpc) is 1.66. The Kier molecular flexibility index (Phi) is 34.3. The molecule has 12 aromatic rings. The summed E-state index contributed by atoms with van der Waals surface area (Å²) < 4.78 is 109. The number of piperidine rings is 3. The van der Waals surface area contributed by atoms with Crippen LogP contribution in [-0.2, 0) is 62.8 Å². The molecule has 5 aliphatic rings. The molecule has 44 heteroatoms. The summed E-state index contributed by atoms with van der Waals surface area (Å²) >= 11 is 0. The number of amides is 7. The van der Waals surface area contributed by atoms with Gasteiger partial charge in [-0.25, -0.2) is 28.5 Å². The van der Waals surface area contributed by atoms with E-state index in [0.717, 1.165) is 114 Å². The number of halogens is 6. The molecule has 0 radical (unpaired) electrons. The number of fused-ring (bicyclic) bond motifs is 3. The van der Waals surface area contributed by atoms with E-state index in [-0.39, 0.29) is 142 Å². The van der Waals surface area contributed by atoms with E-state index in [1.807, 2.05) is 44.4 Å². The minimum absolute atomic E-state index is 0. The van der Waals surface area contributed by atoms with E-state index >= 15 is 0 Å². The van der Waals surface area contributed by atoms with Crippen molar-refractivity contribution in [3.63, 3.8) is 0 Å². The number of likely N-dealkylation sites (N-methyl/N-ethyl adjacent to an activating group) is 1. The van der Waals surface area contributed by atoms with E-state index in [1.54, 1.807) is 116 Å². The van der Waals surface area contributed by atoms with Gasteiger partial charge in [0.1, 0.15) is 70.7 Å². The third-order valence-electron chi connectivity index (χ3n) is 25.4. The molecule has 141 heavy (non-hydrogen) atoms. The molecule has 3 aromatic carbocycles. The number of carbonyl (C=O) groups is 7. The number of ether oxygens (including phenoxy) is 4. The van der Waals surface area contributed by atoms with E-state index in [1.165, 1.54) is 83.0 Å². The third-order valence-corrected chi connectivity index (χ3v) is 25.4. The molecule has 0 saturated carbocycles. The highest BCUT2D eigenvalue weighted by molar-refractivity contribution is 6.11. The molecule has 0 spiro atoms. The van der Waals surface area contributed by atoms with Gasteiger partial charge in [0.25, 0.3) is 17.7 Å². The number of aromatic nitrogens is 15. The lowest BCUT2D eigenvalue weighted by molar-refractivity contribution is -0.134. The number of anilines is 3. The largest absolute Gasteiger partial charge is 0.434 e. The Balaban J connectivity index is 0.000000168. The summed E-state index contributed by atoms with van der Waals surface area (Å²) in [5, 5.41) is 47.6. The molecule has 14 heterocycles. The number of benzene rings is 3. The van der Waals surface area contributed by atoms with Crippen molar-refractivity contribution in [3.8, 4) is 57.1 Å². The van der Waals surface area contributed by atoms with Gasteiger partial charge in [-0.1, -0.05) is 46.4 Å². The molecule has 0 bridgehead atoms. The van der Waals surface area contributed by atoms with E-state index in [0.29, 0.717) is 101 Å². The Bertz CT molecular complexity index is 6390. The molecule has 5 saturated heterocycles. The highest BCUT2D eigenvalue weighted by Gasteiger charge is 2.35. The number of piperazine rings is 1. The van der Waals surface area contributed by atoms with Gasteiger partial charge in [0.05, 0.1) is 66.9 Å². The van der Waals surface area contributed by atoms with Gasteiger partial charge in [-0.2, -0.15) is 62.2 Å².